The van der Waals surface area contributed by atoms with Crippen LogP contribution in [0.5, 0.6) is 0 Å². The molecule has 1 heterocycles. The van der Waals surface area contributed by atoms with Gasteiger partial charge in [0.1, 0.15) is 0 Å². The van der Waals surface area contributed by atoms with E-state index in [-0.39, 0.29) is 5.41 Å². The van der Waals surface area contributed by atoms with Gasteiger partial charge in [-0.3, -0.25) is 0 Å². The molecular formula is C16H32N2O. The Bertz CT molecular complexity index is 297. The summed E-state index contributed by atoms with van der Waals surface area (Å²) in [6, 6.07) is 0.587. The first-order valence-electron chi connectivity index (χ1n) is 8.09. The van der Waals surface area contributed by atoms with Crippen molar-refractivity contribution < 1.29 is 5.11 Å². The van der Waals surface area contributed by atoms with Crippen molar-refractivity contribution in [2.75, 3.05) is 19.6 Å². The zero-order valence-electron chi connectivity index (χ0n) is 13.0. The molecule has 3 heteroatoms. The van der Waals surface area contributed by atoms with Crippen LogP contribution in [0.4, 0.5) is 0 Å². The zero-order chi connectivity index (χ0) is 14.1. The maximum Gasteiger partial charge on any atom is 0.0740 e. The van der Waals surface area contributed by atoms with Crippen molar-refractivity contribution in [2.24, 2.45) is 17.1 Å². The van der Waals surface area contributed by atoms with Crippen LogP contribution in [0.2, 0.25) is 0 Å². The Morgan fingerprint density at radius 3 is 2.37 bits per heavy atom. The second-order valence-corrected chi connectivity index (χ2v) is 7.35. The van der Waals surface area contributed by atoms with E-state index in [4.69, 9.17) is 5.73 Å². The Balaban J connectivity index is 2.10. The predicted octanol–water partition coefficient (Wildman–Crippen LogP) is 2.38. The molecule has 2 unspecified atom stereocenters. The van der Waals surface area contributed by atoms with Gasteiger partial charge < -0.3 is 15.7 Å². The smallest absolute Gasteiger partial charge is 0.0740 e. The molecule has 3 nitrogen and oxygen atoms in total. The molecular weight excluding hydrogens is 236 g/mol. The summed E-state index contributed by atoms with van der Waals surface area (Å²) in [7, 11) is 0. The van der Waals surface area contributed by atoms with Gasteiger partial charge in [-0.05, 0) is 45.4 Å². The Labute approximate surface area is 118 Å². The quantitative estimate of drug-likeness (QED) is 0.826. The van der Waals surface area contributed by atoms with Crippen molar-refractivity contribution in [1.29, 1.82) is 0 Å². The molecule has 0 bridgehead atoms. The van der Waals surface area contributed by atoms with E-state index in [1.807, 2.05) is 0 Å². The minimum Gasteiger partial charge on any atom is -0.389 e. The van der Waals surface area contributed by atoms with Crippen molar-refractivity contribution in [1.82, 2.24) is 4.90 Å². The monoisotopic (exact) mass is 268 g/mol. The van der Waals surface area contributed by atoms with Gasteiger partial charge in [0.25, 0.3) is 0 Å². The molecule has 0 radical (unpaired) electrons. The number of nitrogens with two attached hydrogens (primary N) is 1. The van der Waals surface area contributed by atoms with Crippen LogP contribution in [0, 0.1) is 11.3 Å². The van der Waals surface area contributed by atoms with Gasteiger partial charge in [-0.2, -0.15) is 0 Å². The van der Waals surface area contributed by atoms with E-state index in [0.29, 0.717) is 18.5 Å². The lowest BCUT2D eigenvalue weighted by Crippen LogP contribution is -2.59. The lowest BCUT2D eigenvalue weighted by Gasteiger charge is -2.54. The highest BCUT2D eigenvalue weighted by atomic mass is 16.3. The van der Waals surface area contributed by atoms with Crippen LogP contribution in [0.15, 0.2) is 0 Å². The Kier molecular flexibility index (Phi) is 4.59. The highest BCUT2D eigenvalue weighted by molar-refractivity contribution is 5.04. The van der Waals surface area contributed by atoms with Crippen molar-refractivity contribution in [3.05, 3.63) is 0 Å². The molecule has 3 N–H and O–H groups in total. The normalized spacial score (nSPS) is 36.6. The van der Waals surface area contributed by atoms with E-state index in [2.05, 4.69) is 25.7 Å². The summed E-state index contributed by atoms with van der Waals surface area (Å²) in [6.07, 6.45) is 6.56. The molecule has 0 spiro atoms. The highest BCUT2D eigenvalue weighted by Crippen LogP contribution is 2.50. The lowest BCUT2D eigenvalue weighted by molar-refractivity contribution is -0.141. The SMILES string of the molecule is CC1CCCC(CN)(C2(O)CCN(C(C)C)CC2)C1. The Hall–Kier alpha value is -0.120. The molecule has 2 fully saturated rings. The fourth-order valence-corrected chi connectivity index (χ4v) is 4.40. The van der Waals surface area contributed by atoms with Crippen LogP contribution in [-0.2, 0) is 0 Å². The summed E-state index contributed by atoms with van der Waals surface area (Å²) in [6.45, 7) is 9.48. The molecule has 0 aromatic rings. The zero-order valence-corrected chi connectivity index (χ0v) is 13.0. The topological polar surface area (TPSA) is 49.5 Å². The van der Waals surface area contributed by atoms with Gasteiger partial charge >= 0.3 is 0 Å². The van der Waals surface area contributed by atoms with Gasteiger partial charge in [-0.25, -0.2) is 0 Å². The third kappa shape index (κ3) is 2.84. The van der Waals surface area contributed by atoms with Crippen LogP contribution in [0.25, 0.3) is 0 Å². The summed E-state index contributed by atoms with van der Waals surface area (Å²) in [4.78, 5) is 2.48. The number of piperidine rings is 1. The minimum atomic E-state index is -0.526. The molecule has 1 saturated heterocycles. The molecule has 1 aliphatic heterocycles. The molecule has 19 heavy (non-hydrogen) atoms. The average molecular weight is 268 g/mol. The second kappa shape index (κ2) is 5.71. The van der Waals surface area contributed by atoms with Gasteiger partial charge in [0, 0.05) is 31.1 Å². The van der Waals surface area contributed by atoms with Crippen LogP contribution in [-0.4, -0.2) is 41.3 Å². The molecule has 0 aromatic heterocycles. The van der Waals surface area contributed by atoms with Gasteiger partial charge in [0.15, 0.2) is 0 Å². The molecule has 1 aliphatic carbocycles. The number of hydrogen-bond donors (Lipinski definition) is 2. The van der Waals surface area contributed by atoms with Gasteiger partial charge in [0.05, 0.1) is 5.60 Å². The Morgan fingerprint density at radius 1 is 1.26 bits per heavy atom. The van der Waals surface area contributed by atoms with Crippen molar-refractivity contribution >= 4 is 0 Å². The fourth-order valence-electron chi connectivity index (χ4n) is 4.40. The van der Waals surface area contributed by atoms with Gasteiger partial charge in [-0.1, -0.05) is 19.8 Å². The van der Waals surface area contributed by atoms with Crippen LogP contribution >= 0.6 is 0 Å². The summed E-state index contributed by atoms with van der Waals surface area (Å²) >= 11 is 0. The van der Waals surface area contributed by atoms with E-state index in [1.54, 1.807) is 0 Å². The molecule has 0 amide bonds. The summed E-state index contributed by atoms with van der Waals surface area (Å²) in [5.74, 6) is 0.712. The third-order valence-electron chi connectivity index (χ3n) is 5.82. The first kappa shape index (κ1) is 15.3. The largest absolute Gasteiger partial charge is 0.389 e. The minimum absolute atomic E-state index is 0.0201. The second-order valence-electron chi connectivity index (χ2n) is 7.35. The first-order chi connectivity index (χ1) is 8.92. The first-order valence-corrected chi connectivity index (χ1v) is 8.09. The van der Waals surface area contributed by atoms with E-state index < -0.39 is 5.60 Å². The van der Waals surface area contributed by atoms with E-state index in [0.717, 1.165) is 38.8 Å². The van der Waals surface area contributed by atoms with Crippen LogP contribution < -0.4 is 5.73 Å². The van der Waals surface area contributed by atoms with Crippen molar-refractivity contribution in [3.63, 3.8) is 0 Å². The summed E-state index contributed by atoms with van der Waals surface area (Å²) in [5, 5.41) is 11.3. The average Bonchev–Trinajstić information content (AvgIpc) is 2.39. The van der Waals surface area contributed by atoms with Crippen molar-refractivity contribution in [3.8, 4) is 0 Å². The maximum absolute atomic E-state index is 11.3. The van der Waals surface area contributed by atoms with Crippen LogP contribution in [0.3, 0.4) is 0 Å². The van der Waals surface area contributed by atoms with E-state index in [9.17, 15) is 5.11 Å². The van der Waals surface area contributed by atoms with Crippen molar-refractivity contribution in [2.45, 2.75) is 70.9 Å². The number of nitrogens with zero attached hydrogens (tertiary/aromatic N) is 1. The number of rotatable bonds is 3. The standard InChI is InChI=1S/C16H32N2O/c1-13(2)18-9-7-16(19,8-10-18)15(12-17)6-4-5-14(3)11-15/h13-14,19H,4-12,17H2,1-3H3. The predicted molar refractivity (Wildman–Crippen MR) is 80.0 cm³/mol. The summed E-state index contributed by atoms with van der Waals surface area (Å²) in [5.41, 5.74) is 5.59. The number of likely N-dealkylation sites (tertiary alicyclic amines) is 1. The molecule has 2 aliphatic rings. The fraction of sp³-hybridized carbons (Fsp3) is 1.00. The lowest BCUT2D eigenvalue weighted by atomic mass is 9.58. The molecule has 112 valence electrons. The highest BCUT2D eigenvalue weighted by Gasteiger charge is 2.51. The Morgan fingerprint density at radius 2 is 1.89 bits per heavy atom. The molecule has 2 atom stereocenters. The molecule has 1 saturated carbocycles. The van der Waals surface area contributed by atoms with Gasteiger partial charge in [-0.15, -0.1) is 0 Å². The maximum atomic E-state index is 11.3. The van der Waals surface area contributed by atoms with Crippen LogP contribution in [0.1, 0.15) is 59.3 Å². The molecule has 2 rings (SSSR count). The third-order valence-corrected chi connectivity index (χ3v) is 5.82. The van der Waals surface area contributed by atoms with E-state index >= 15 is 0 Å². The number of aliphatic hydroxyl groups is 1. The summed E-state index contributed by atoms with van der Waals surface area (Å²) < 4.78 is 0. The number of hydrogen-bond acceptors (Lipinski definition) is 3. The van der Waals surface area contributed by atoms with Gasteiger partial charge in [0.2, 0.25) is 0 Å². The molecule has 0 aromatic carbocycles. The van der Waals surface area contributed by atoms with E-state index in [1.165, 1.54) is 12.8 Å².